The third-order valence-electron chi connectivity index (χ3n) is 3.39. The van der Waals surface area contributed by atoms with Crippen molar-refractivity contribution in [1.82, 2.24) is 5.32 Å². The molecule has 0 heterocycles. The monoisotopic (exact) mass is 333 g/mol. The van der Waals surface area contributed by atoms with Crippen molar-refractivity contribution in [2.45, 2.75) is 65.2 Å². The van der Waals surface area contributed by atoms with Gasteiger partial charge in [0.15, 0.2) is 11.6 Å². The largest absolute Gasteiger partial charge is 0.480 e. The van der Waals surface area contributed by atoms with Gasteiger partial charge in [0, 0.05) is 12.0 Å². The van der Waals surface area contributed by atoms with Crippen LogP contribution in [0.5, 0.6) is 0 Å². The van der Waals surface area contributed by atoms with Crippen LogP contribution in [0.3, 0.4) is 0 Å². The summed E-state index contributed by atoms with van der Waals surface area (Å²) in [4.78, 5) is 34.5. The second-order valence-electron chi connectivity index (χ2n) is 7.29. The smallest absolute Gasteiger partial charge is 0.338 e. The summed E-state index contributed by atoms with van der Waals surface area (Å²) in [7, 11) is 0. The average molecular weight is 333 g/mol. The molecule has 4 N–H and O–H groups in total. The molecule has 23 heavy (non-hydrogen) atoms. The normalized spacial score (nSPS) is 16.3. The maximum Gasteiger partial charge on any atom is 0.338 e. The minimum atomic E-state index is -2.63. The number of aliphatic hydroxyl groups is 1. The van der Waals surface area contributed by atoms with Crippen LogP contribution in [0.4, 0.5) is 0 Å². The van der Waals surface area contributed by atoms with Crippen LogP contribution in [0.1, 0.15) is 48.0 Å². The number of nitrogens with one attached hydrogen (secondary N) is 1. The van der Waals surface area contributed by atoms with Crippen LogP contribution in [-0.2, 0) is 19.1 Å². The molecule has 0 aromatic heterocycles. The summed E-state index contributed by atoms with van der Waals surface area (Å²) in [6.45, 7) is 9.87. The molecule has 0 aromatic carbocycles. The highest BCUT2D eigenvalue weighted by Crippen LogP contribution is 2.23. The minimum Gasteiger partial charge on any atom is -0.480 e. The molecule has 0 rings (SSSR count). The molecule has 0 bridgehead atoms. The minimum absolute atomic E-state index is 0.275. The summed E-state index contributed by atoms with van der Waals surface area (Å²) in [5.74, 6) is -4.05. The molecule has 2 unspecified atom stereocenters. The fraction of sp³-hybridized carbons (Fsp3) is 0.800. The lowest BCUT2D eigenvalue weighted by Gasteiger charge is -2.31. The zero-order valence-electron chi connectivity index (χ0n) is 14.5. The van der Waals surface area contributed by atoms with E-state index >= 15 is 0 Å². The summed E-state index contributed by atoms with van der Waals surface area (Å²) in [6.07, 6.45) is 0.303. The fourth-order valence-corrected chi connectivity index (χ4v) is 1.62. The molecule has 0 aliphatic rings. The Kier molecular flexibility index (Phi) is 6.74. The number of hydrogen-bond donors (Lipinski definition) is 4. The maximum atomic E-state index is 12.3. The van der Waals surface area contributed by atoms with E-state index in [0.29, 0.717) is 6.42 Å². The first kappa shape index (κ1) is 21.3. The number of carboxylic acids is 2. The first-order valence-electron chi connectivity index (χ1n) is 7.25. The Morgan fingerprint density at radius 1 is 1.04 bits per heavy atom. The van der Waals surface area contributed by atoms with Crippen LogP contribution >= 0.6 is 0 Å². The highest BCUT2D eigenvalue weighted by Gasteiger charge is 2.46. The van der Waals surface area contributed by atoms with Crippen molar-refractivity contribution in [1.29, 1.82) is 0 Å². The predicted octanol–water partition coefficient (Wildman–Crippen LogP) is 0.623. The second kappa shape index (κ2) is 7.27. The van der Waals surface area contributed by atoms with E-state index in [2.05, 4.69) is 5.32 Å². The van der Waals surface area contributed by atoms with E-state index < -0.39 is 34.9 Å². The van der Waals surface area contributed by atoms with E-state index in [9.17, 15) is 19.5 Å². The number of rotatable bonds is 8. The van der Waals surface area contributed by atoms with E-state index in [0.717, 1.165) is 6.92 Å². The molecule has 134 valence electrons. The molecule has 0 radical (unpaired) electrons. The van der Waals surface area contributed by atoms with Gasteiger partial charge in [-0.05, 0) is 34.1 Å². The van der Waals surface area contributed by atoms with Crippen molar-refractivity contribution in [2.24, 2.45) is 5.41 Å². The van der Waals surface area contributed by atoms with E-state index in [1.807, 2.05) is 20.8 Å². The number of amides is 1. The molecule has 0 aliphatic heterocycles. The Hall–Kier alpha value is -1.67. The highest BCUT2D eigenvalue weighted by molar-refractivity contribution is 5.92. The first-order valence-corrected chi connectivity index (χ1v) is 7.25. The highest BCUT2D eigenvalue weighted by atomic mass is 16.5. The molecular formula is C15H27NO7. The first-order chi connectivity index (χ1) is 10.1. The number of ether oxygens (including phenoxy) is 1. The summed E-state index contributed by atoms with van der Waals surface area (Å²) in [6, 6.07) is -1.96. The lowest BCUT2D eigenvalue weighted by atomic mass is 9.87. The Balaban J connectivity index is 4.99. The number of carbonyl (C=O) groups excluding carboxylic acids is 1. The van der Waals surface area contributed by atoms with Crippen LogP contribution < -0.4 is 5.32 Å². The molecule has 0 fully saturated rings. The van der Waals surface area contributed by atoms with E-state index in [-0.39, 0.29) is 12.2 Å². The molecule has 8 heteroatoms. The molecule has 0 saturated heterocycles. The molecule has 1 amide bonds. The molecule has 0 aromatic rings. The molecule has 0 saturated carbocycles. The lowest BCUT2D eigenvalue weighted by Crippen LogP contribution is -2.61. The van der Waals surface area contributed by atoms with Gasteiger partial charge < -0.3 is 25.4 Å². The predicted molar refractivity (Wildman–Crippen MR) is 81.9 cm³/mol. The van der Waals surface area contributed by atoms with Crippen molar-refractivity contribution in [3.63, 3.8) is 0 Å². The third kappa shape index (κ3) is 6.54. The van der Waals surface area contributed by atoms with Crippen molar-refractivity contribution in [3.8, 4) is 0 Å². The summed E-state index contributed by atoms with van der Waals surface area (Å²) in [5.41, 5.74) is -3.99. The van der Waals surface area contributed by atoms with Gasteiger partial charge in [0.25, 0.3) is 0 Å². The van der Waals surface area contributed by atoms with Crippen molar-refractivity contribution in [3.05, 3.63) is 0 Å². The topological polar surface area (TPSA) is 133 Å². The van der Waals surface area contributed by atoms with Gasteiger partial charge in [-0.2, -0.15) is 0 Å². The van der Waals surface area contributed by atoms with Crippen molar-refractivity contribution >= 4 is 17.8 Å². The molecule has 0 spiro atoms. The molecule has 8 nitrogen and oxygen atoms in total. The molecule has 2 atom stereocenters. The second-order valence-corrected chi connectivity index (χ2v) is 7.29. The Labute approximate surface area is 135 Å². The van der Waals surface area contributed by atoms with Gasteiger partial charge in [0.2, 0.25) is 5.91 Å². The van der Waals surface area contributed by atoms with E-state index in [1.165, 1.54) is 0 Å². The standard InChI is InChI=1S/C15H27NO7/c1-13(2,3)23-8-7-14(4,5)11(19)16-9(10(17)18)15(6,22)12(20)21/h9,22H,7-8H2,1-6H3,(H,16,19)(H,17,18)(H,20,21). The van der Waals surface area contributed by atoms with E-state index in [1.54, 1.807) is 13.8 Å². The number of aliphatic carboxylic acids is 2. The van der Waals surface area contributed by atoms with Crippen LogP contribution in [0, 0.1) is 5.41 Å². The summed E-state index contributed by atoms with van der Waals surface area (Å²) < 4.78 is 5.53. The van der Waals surface area contributed by atoms with E-state index in [4.69, 9.17) is 14.9 Å². The van der Waals surface area contributed by atoms with Gasteiger partial charge in [-0.25, -0.2) is 9.59 Å². The van der Waals surface area contributed by atoms with Gasteiger partial charge in [0.1, 0.15) is 0 Å². The van der Waals surface area contributed by atoms with Crippen molar-refractivity contribution in [2.75, 3.05) is 6.61 Å². The quantitative estimate of drug-likeness (QED) is 0.512. The van der Waals surface area contributed by atoms with Crippen LogP contribution in [0.2, 0.25) is 0 Å². The number of hydrogen-bond acceptors (Lipinski definition) is 5. The van der Waals surface area contributed by atoms with Crippen LogP contribution in [0.15, 0.2) is 0 Å². The fourth-order valence-electron chi connectivity index (χ4n) is 1.62. The van der Waals surface area contributed by atoms with Gasteiger partial charge >= 0.3 is 11.9 Å². The molecule has 0 aliphatic carbocycles. The van der Waals surface area contributed by atoms with Crippen molar-refractivity contribution < 1.29 is 34.4 Å². The Bertz CT molecular complexity index is 463. The molecular weight excluding hydrogens is 306 g/mol. The average Bonchev–Trinajstić information content (AvgIpc) is 2.32. The van der Waals surface area contributed by atoms with Crippen LogP contribution in [-0.4, -0.2) is 57.0 Å². The SMILES string of the molecule is CC(C)(C)OCCC(C)(C)C(=O)NC(C(=O)O)C(C)(O)C(=O)O. The van der Waals surface area contributed by atoms with Crippen LogP contribution in [0.25, 0.3) is 0 Å². The maximum absolute atomic E-state index is 12.3. The zero-order valence-corrected chi connectivity index (χ0v) is 14.5. The van der Waals surface area contributed by atoms with Gasteiger partial charge in [0.05, 0.1) is 5.60 Å². The Morgan fingerprint density at radius 3 is 1.87 bits per heavy atom. The lowest BCUT2D eigenvalue weighted by molar-refractivity contribution is -0.169. The third-order valence-corrected chi connectivity index (χ3v) is 3.39. The summed E-state index contributed by atoms with van der Waals surface area (Å²) >= 11 is 0. The number of carbonyl (C=O) groups is 3. The number of carboxylic acid groups (broad SMARTS) is 2. The van der Waals surface area contributed by atoms with Gasteiger partial charge in [-0.1, -0.05) is 13.8 Å². The van der Waals surface area contributed by atoms with Gasteiger partial charge in [-0.15, -0.1) is 0 Å². The Morgan fingerprint density at radius 2 is 1.52 bits per heavy atom. The zero-order chi connectivity index (χ0) is 18.6. The summed E-state index contributed by atoms with van der Waals surface area (Å²) in [5, 5.41) is 29.9. The van der Waals surface area contributed by atoms with Gasteiger partial charge in [-0.3, -0.25) is 4.79 Å².